The number of sulfonamides is 1. The quantitative estimate of drug-likeness (QED) is 0.701. The van der Waals surface area contributed by atoms with Crippen molar-refractivity contribution in [2.75, 3.05) is 18.6 Å². The molecular formula is C11H21N3O2S2. The van der Waals surface area contributed by atoms with E-state index >= 15 is 0 Å². The Kier molecular flexibility index (Phi) is 6.20. The van der Waals surface area contributed by atoms with Crippen molar-refractivity contribution in [1.29, 1.82) is 0 Å². The molecule has 0 aliphatic rings. The summed E-state index contributed by atoms with van der Waals surface area (Å²) in [5, 5.41) is 0. The summed E-state index contributed by atoms with van der Waals surface area (Å²) in [5.74, 6) is 0.763. The van der Waals surface area contributed by atoms with E-state index < -0.39 is 10.0 Å². The standard InChI is InChI=1S/C11H21N3O2S2/c1-3-5-14-9-11(7-10(14)8-12)18(15,16)13-4-6-17-2/h7,9,13H,3-6,8,12H2,1-2H3. The summed E-state index contributed by atoms with van der Waals surface area (Å²) >= 11 is 1.61. The lowest BCUT2D eigenvalue weighted by atomic mass is 10.4. The van der Waals surface area contributed by atoms with Gasteiger partial charge in [0.05, 0.1) is 4.90 Å². The average molecular weight is 291 g/mol. The Labute approximate surface area is 113 Å². The van der Waals surface area contributed by atoms with Gasteiger partial charge in [-0.15, -0.1) is 0 Å². The van der Waals surface area contributed by atoms with Gasteiger partial charge in [0.25, 0.3) is 0 Å². The number of nitrogens with two attached hydrogens (primary N) is 1. The molecule has 104 valence electrons. The molecule has 0 radical (unpaired) electrons. The molecule has 5 nitrogen and oxygen atoms in total. The van der Waals surface area contributed by atoms with Crippen LogP contribution in [0.5, 0.6) is 0 Å². The molecule has 0 fully saturated rings. The lowest BCUT2D eigenvalue weighted by molar-refractivity contribution is 0.583. The maximum absolute atomic E-state index is 12.0. The van der Waals surface area contributed by atoms with Gasteiger partial charge in [0.15, 0.2) is 0 Å². The molecule has 1 aromatic heterocycles. The molecule has 0 spiro atoms. The van der Waals surface area contributed by atoms with E-state index in [4.69, 9.17) is 5.73 Å². The number of thioether (sulfide) groups is 1. The van der Waals surface area contributed by atoms with Gasteiger partial charge in [-0.1, -0.05) is 6.92 Å². The third-order valence-electron chi connectivity index (χ3n) is 2.54. The normalized spacial score (nSPS) is 11.9. The molecule has 1 rings (SSSR count). The van der Waals surface area contributed by atoms with Crippen LogP contribution in [0.2, 0.25) is 0 Å². The van der Waals surface area contributed by atoms with Crippen molar-refractivity contribution >= 4 is 21.8 Å². The van der Waals surface area contributed by atoms with Crippen molar-refractivity contribution in [2.24, 2.45) is 5.73 Å². The third kappa shape index (κ3) is 4.01. The predicted octanol–water partition coefficient (Wildman–Crippen LogP) is 0.998. The number of rotatable bonds is 8. The van der Waals surface area contributed by atoms with Crippen LogP contribution >= 0.6 is 11.8 Å². The Bertz CT molecular complexity index is 469. The van der Waals surface area contributed by atoms with Crippen LogP contribution in [-0.2, 0) is 23.1 Å². The molecule has 1 heterocycles. The summed E-state index contributed by atoms with van der Waals surface area (Å²) in [7, 11) is -3.40. The van der Waals surface area contributed by atoms with E-state index in [9.17, 15) is 8.42 Å². The zero-order valence-corrected chi connectivity index (χ0v) is 12.5. The van der Waals surface area contributed by atoms with Gasteiger partial charge in [-0.05, 0) is 18.7 Å². The monoisotopic (exact) mass is 291 g/mol. The molecular weight excluding hydrogens is 270 g/mol. The highest BCUT2D eigenvalue weighted by atomic mass is 32.2. The van der Waals surface area contributed by atoms with Gasteiger partial charge in [0, 0.05) is 37.3 Å². The number of hydrogen-bond donors (Lipinski definition) is 2. The summed E-state index contributed by atoms with van der Waals surface area (Å²) < 4.78 is 28.5. The Balaban J connectivity index is 2.88. The first-order chi connectivity index (χ1) is 8.55. The lowest BCUT2D eigenvalue weighted by Gasteiger charge is -2.04. The predicted molar refractivity (Wildman–Crippen MR) is 76.2 cm³/mol. The number of aryl methyl sites for hydroxylation is 1. The average Bonchev–Trinajstić information content (AvgIpc) is 2.74. The van der Waals surface area contributed by atoms with Crippen molar-refractivity contribution in [2.45, 2.75) is 31.3 Å². The molecule has 0 unspecified atom stereocenters. The van der Waals surface area contributed by atoms with Gasteiger partial charge < -0.3 is 10.3 Å². The fraction of sp³-hybridized carbons (Fsp3) is 0.636. The van der Waals surface area contributed by atoms with Crippen LogP contribution in [0.1, 0.15) is 19.0 Å². The molecule has 0 atom stereocenters. The van der Waals surface area contributed by atoms with Crippen LogP contribution in [0, 0.1) is 0 Å². The van der Waals surface area contributed by atoms with Crippen LogP contribution in [0.15, 0.2) is 17.2 Å². The van der Waals surface area contributed by atoms with Gasteiger partial charge in [-0.2, -0.15) is 11.8 Å². The minimum atomic E-state index is -3.40. The van der Waals surface area contributed by atoms with E-state index in [-0.39, 0.29) is 0 Å². The van der Waals surface area contributed by atoms with Crippen molar-refractivity contribution in [3.05, 3.63) is 18.0 Å². The zero-order valence-electron chi connectivity index (χ0n) is 10.8. The lowest BCUT2D eigenvalue weighted by Crippen LogP contribution is -2.25. The molecule has 3 N–H and O–H groups in total. The first kappa shape index (κ1) is 15.6. The minimum absolute atomic E-state index is 0.303. The van der Waals surface area contributed by atoms with Gasteiger partial charge in [-0.25, -0.2) is 13.1 Å². The van der Waals surface area contributed by atoms with E-state index in [1.165, 1.54) is 0 Å². The first-order valence-corrected chi connectivity index (χ1v) is 8.80. The second kappa shape index (κ2) is 7.18. The van der Waals surface area contributed by atoms with Gasteiger partial charge in [0.1, 0.15) is 0 Å². The second-order valence-corrected chi connectivity index (χ2v) is 6.71. The van der Waals surface area contributed by atoms with Crippen molar-refractivity contribution in [1.82, 2.24) is 9.29 Å². The second-order valence-electron chi connectivity index (χ2n) is 3.96. The Morgan fingerprint density at radius 2 is 2.22 bits per heavy atom. The first-order valence-electron chi connectivity index (χ1n) is 5.93. The molecule has 0 saturated heterocycles. The van der Waals surface area contributed by atoms with E-state index in [1.54, 1.807) is 24.0 Å². The molecule has 0 aromatic carbocycles. The molecule has 1 aromatic rings. The highest BCUT2D eigenvalue weighted by Crippen LogP contribution is 2.14. The fourth-order valence-corrected chi connectivity index (χ4v) is 3.18. The van der Waals surface area contributed by atoms with Gasteiger partial charge in [0.2, 0.25) is 10.0 Å². The molecule has 18 heavy (non-hydrogen) atoms. The highest BCUT2D eigenvalue weighted by molar-refractivity contribution is 7.98. The van der Waals surface area contributed by atoms with E-state index in [0.717, 1.165) is 24.4 Å². The third-order valence-corrected chi connectivity index (χ3v) is 4.58. The molecule has 0 amide bonds. The number of nitrogens with one attached hydrogen (secondary N) is 1. The maximum Gasteiger partial charge on any atom is 0.242 e. The topological polar surface area (TPSA) is 77.1 Å². The number of hydrogen-bond acceptors (Lipinski definition) is 4. The van der Waals surface area contributed by atoms with Gasteiger partial charge in [-0.3, -0.25) is 0 Å². The fourth-order valence-electron chi connectivity index (χ4n) is 1.65. The minimum Gasteiger partial charge on any atom is -0.349 e. The van der Waals surface area contributed by atoms with Crippen LogP contribution in [0.3, 0.4) is 0 Å². The van der Waals surface area contributed by atoms with Crippen molar-refractivity contribution in [3.8, 4) is 0 Å². The Hall–Kier alpha value is -0.500. The number of nitrogens with zero attached hydrogens (tertiary/aromatic N) is 1. The smallest absolute Gasteiger partial charge is 0.242 e. The molecule has 7 heteroatoms. The molecule has 0 saturated carbocycles. The summed E-state index contributed by atoms with van der Waals surface area (Å²) in [5.41, 5.74) is 6.47. The van der Waals surface area contributed by atoms with Crippen molar-refractivity contribution < 1.29 is 8.42 Å². The Morgan fingerprint density at radius 3 is 2.78 bits per heavy atom. The van der Waals surface area contributed by atoms with Crippen molar-refractivity contribution in [3.63, 3.8) is 0 Å². The van der Waals surface area contributed by atoms with Crippen LogP contribution in [-0.4, -0.2) is 31.5 Å². The van der Waals surface area contributed by atoms with Crippen LogP contribution in [0.4, 0.5) is 0 Å². The molecule has 0 bridgehead atoms. The maximum atomic E-state index is 12.0. The van der Waals surface area contributed by atoms with E-state index in [2.05, 4.69) is 4.72 Å². The summed E-state index contributed by atoms with van der Waals surface area (Å²) in [4.78, 5) is 0.303. The van der Waals surface area contributed by atoms with Gasteiger partial charge >= 0.3 is 0 Å². The molecule has 0 aliphatic heterocycles. The number of aromatic nitrogens is 1. The zero-order chi connectivity index (χ0) is 13.6. The summed E-state index contributed by atoms with van der Waals surface area (Å²) in [6.07, 6.45) is 4.55. The SMILES string of the molecule is CCCn1cc(S(=O)(=O)NCCSC)cc1CN. The summed E-state index contributed by atoms with van der Waals surface area (Å²) in [6, 6.07) is 1.65. The van der Waals surface area contributed by atoms with Crippen LogP contribution in [0.25, 0.3) is 0 Å². The van der Waals surface area contributed by atoms with E-state index in [1.807, 2.05) is 17.7 Å². The highest BCUT2D eigenvalue weighted by Gasteiger charge is 2.17. The summed E-state index contributed by atoms with van der Waals surface area (Å²) in [6.45, 7) is 3.62. The van der Waals surface area contributed by atoms with E-state index in [0.29, 0.717) is 18.0 Å². The largest absolute Gasteiger partial charge is 0.349 e. The molecule has 0 aliphatic carbocycles. The van der Waals surface area contributed by atoms with Crippen LogP contribution < -0.4 is 10.5 Å². The Morgan fingerprint density at radius 1 is 1.50 bits per heavy atom.